The molecule has 21 heavy (non-hydrogen) atoms. The highest BCUT2D eigenvalue weighted by Crippen LogP contribution is 2.34. The average Bonchev–Trinajstić information content (AvgIpc) is 2.41. The first kappa shape index (κ1) is 15.7. The van der Waals surface area contributed by atoms with Crippen LogP contribution in [0.15, 0.2) is 53.0 Å². The van der Waals surface area contributed by atoms with E-state index in [1.807, 2.05) is 37.3 Å². The Morgan fingerprint density at radius 1 is 1.10 bits per heavy atom. The Balaban J connectivity index is 2.23. The highest BCUT2D eigenvalue weighted by atomic mass is 79.9. The molecule has 112 valence electrons. The van der Waals surface area contributed by atoms with Crippen molar-refractivity contribution >= 4 is 21.6 Å². The summed E-state index contributed by atoms with van der Waals surface area (Å²) in [5, 5.41) is 3.03. The molecule has 2 aromatic carbocycles. The zero-order valence-corrected chi connectivity index (χ0v) is 12.7. The van der Waals surface area contributed by atoms with Crippen LogP contribution in [0.3, 0.4) is 0 Å². The molecule has 0 aliphatic carbocycles. The first-order valence-corrected chi connectivity index (χ1v) is 7.01. The van der Waals surface area contributed by atoms with Gasteiger partial charge in [-0.3, -0.25) is 0 Å². The van der Waals surface area contributed by atoms with Gasteiger partial charge in [0, 0.05) is 10.5 Å². The number of nitrogens with one attached hydrogen (secondary N) is 1. The predicted octanol–water partition coefficient (Wildman–Crippen LogP) is 5.52. The van der Waals surface area contributed by atoms with Crippen LogP contribution in [0.4, 0.5) is 18.9 Å². The highest BCUT2D eigenvalue weighted by molar-refractivity contribution is 9.10. The van der Waals surface area contributed by atoms with Crippen molar-refractivity contribution in [3.05, 3.63) is 58.6 Å². The number of ether oxygens (including phenoxy) is 1. The zero-order chi connectivity index (χ0) is 15.5. The molecule has 1 N–H and O–H groups in total. The second-order valence-electron chi connectivity index (χ2n) is 4.46. The number of anilines is 1. The minimum atomic E-state index is -4.73. The van der Waals surface area contributed by atoms with Crippen molar-refractivity contribution in [2.75, 3.05) is 5.32 Å². The summed E-state index contributed by atoms with van der Waals surface area (Å²) in [6.45, 7) is 1.87. The Morgan fingerprint density at radius 3 is 2.38 bits per heavy atom. The fraction of sp³-hybridized carbons (Fsp3) is 0.200. The van der Waals surface area contributed by atoms with Gasteiger partial charge in [-0.15, -0.1) is 13.2 Å². The Labute approximate surface area is 129 Å². The maximum absolute atomic E-state index is 12.4. The van der Waals surface area contributed by atoms with Crippen LogP contribution in [0.5, 0.6) is 5.75 Å². The molecule has 0 radical (unpaired) electrons. The topological polar surface area (TPSA) is 21.3 Å². The van der Waals surface area contributed by atoms with Crippen molar-refractivity contribution in [1.29, 1.82) is 0 Å². The monoisotopic (exact) mass is 359 g/mol. The molecule has 2 aromatic rings. The first-order valence-electron chi connectivity index (χ1n) is 6.22. The SMILES string of the molecule is CC(Nc1ccc(Br)cc1OC(F)(F)F)c1ccccc1. The molecule has 2 rings (SSSR count). The van der Waals surface area contributed by atoms with Gasteiger partial charge in [0.25, 0.3) is 0 Å². The molecule has 0 spiro atoms. The van der Waals surface area contributed by atoms with Gasteiger partial charge in [-0.05, 0) is 30.7 Å². The number of alkyl halides is 3. The smallest absolute Gasteiger partial charge is 0.404 e. The lowest BCUT2D eigenvalue weighted by atomic mass is 10.1. The third-order valence-corrected chi connectivity index (χ3v) is 3.33. The molecule has 0 saturated heterocycles. The van der Waals surface area contributed by atoms with Crippen molar-refractivity contribution in [1.82, 2.24) is 0 Å². The van der Waals surface area contributed by atoms with Crippen molar-refractivity contribution in [2.24, 2.45) is 0 Å². The van der Waals surface area contributed by atoms with E-state index in [2.05, 4.69) is 26.0 Å². The Bertz CT molecular complexity index is 602. The van der Waals surface area contributed by atoms with Crippen LogP contribution < -0.4 is 10.1 Å². The number of halogens is 4. The zero-order valence-electron chi connectivity index (χ0n) is 11.1. The number of rotatable bonds is 4. The van der Waals surface area contributed by atoms with E-state index >= 15 is 0 Å². The number of hydrogen-bond donors (Lipinski definition) is 1. The molecule has 0 aromatic heterocycles. The van der Waals surface area contributed by atoms with Gasteiger partial charge in [0.15, 0.2) is 5.75 Å². The van der Waals surface area contributed by atoms with Gasteiger partial charge in [-0.25, -0.2) is 0 Å². The molecule has 2 nitrogen and oxygen atoms in total. The van der Waals surface area contributed by atoms with Gasteiger partial charge in [0.2, 0.25) is 0 Å². The van der Waals surface area contributed by atoms with E-state index in [0.717, 1.165) is 5.56 Å². The van der Waals surface area contributed by atoms with Crippen LogP contribution in [-0.4, -0.2) is 6.36 Å². The fourth-order valence-corrected chi connectivity index (χ4v) is 2.22. The quantitative estimate of drug-likeness (QED) is 0.775. The molecule has 0 bridgehead atoms. The summed E-state index contributed by atoms with van der Waals surface area (Å²) in [6, 6.07) is 13.8. The first-order chi connectivity index (χ1) is 9.85. The summed E-state index contributed by atoms with van der Waals surface area (Å²) in [7, 11) is 0. The minimum Gasteiger partial charge on any atom is -0.404 e. The van der Waals surface area contributed by atoms with Gasteiger partial charge in [-0.2, -0.15) is 0 Å². The van der Waals surface area contributed by atoms with Crippen molar-refractivity contribution < 1.29 is 17.9 Å². The fourth-order valence-electron chi connectivity index (χ4n) is 1.88. The molecule has 0 fully saturated rings. The molecule has 1 atom stereocenters. The van der Waals surface area contributed by atoms with Crippen molar-refractivity contribution in [3.8, 4) is 5.75 Å². The van der Waals surface area contributed by atoms with Crippen LogP contribution in [0, 0.1) is 0 Å². The van der Waals surface area contributed by atoms with Crippen LogP contribution in [-0.2, 0) is 0 Å². The maximum Gasteiger partial charge on any atom is 0.573 e. The standard InChI is InChI=1S/C15H13BrF3NO/c1-10(11-5-3-2-4-6-11)20-13-8-7-12(16)9-14(13)21-15(17,18)19/h2-10,20H,1H3. The summed E-state index contributed by atoms with van der Waals surface area (Å²) < 4.78 is 41.9. The predicted molar refractivity (Wildman–Crippen MR) is 79.3 cm³/mol. The molecule has 0 aliphatic heterocycles. The summed E-state index contributed by atoms with van der Waals surface area (Å²) >= 11 is 3.14. The van der Waals surface area contributed by atoms with Crippen LogP contribution in [0.2, 0.25) is 0 Å². The Hall–Kier alpha value is -1.69. The maximum atomic E-state index is 12.4. The normalized spacial score (nSPS) is 12.8. The molecule has 6 heteroatoms. The van der Waals surface area contributed by atoms with E-state index in [-0.39, 0.29) is 17.5 Å². The molecular weight excluding hydrogens is 347 g/mol. The Morgan fingerprint density at radius 2 is 1.76 bits per heavy atom. The van der Waals surface area contributed by atoms with E-state index in [1.165, 1.54) is 6.07 Å². The number of hydrogen-bond acceptors (Lipinski definition) is 2. The summed E-state index contributed by atoms with van der Waals surface area (Å²) in [4.78, 5) is 0. The van der Waals surface area contributed by atoms with Crippen molar-refractivity contribution in [2.45, 2.75) is 19.3 Å². The van der Waals surface area contributed by atoms with E-state index in [1.54, 1.807) is 12.1 Å². The number of benzene rings is 2. The lowest BCUT2D eigenvalue weighted by Gasteiger charge is -2.19. The largest absolute Gasteiger partial charge is 0.573 e. The minimum absolute atomic E-state index is 0.150. The lowest BCUT2D eigenvalue weighted by Crippen LogP contribution is -2.18. The average molecular weight is 360 g/mol. The van der Waals surface area contributed by atoms with Gasteiger partial charge < -0.3 is 10.1 Å². The molecule has 0 amide bonds. The highest BCUT2D eigenvalue weighted by Gasteiger charge is 2.32. The second kappa shape index (κ2) is 6.39. The van der Waals surface area contributed by atoms with E-state index < -0.39 is 6.36 Å². The second-order valence-corrected chi connectivity index (χ2v) is 5.38. The Kier molecular flexibility index (Phi) is 4.77. The van der Waals surface area contributed by atoms with E-state index in [0.29, 0.717) is 4.47 Å². The van der Waals surface area contributed by atoms with Crippen molar-refractivity contribution in [3.63, 3.8) is 0 Å². The van der Waals surface area contributed by atoms with E-state index in [4.69, 9.17) is 0 Å². The third-order valence-electron chi connectivity index (χ3n) is 2.84. The van der Waals surface area contributed by atoms with E-state index in [9.17, 15) is 13.2 Å². The molecule has 1 unspecified atom stereocenters. The van der Waals surface area contributed by atoms with Gasteiger partial charge in [0.1, 0.15) is 0 Å². The molecule has 0 aliphatic rings. The van der Waals surface area contributed by atoms with Crippen LogP contribution >= 0.6 is 15.9 Å². The van der Waals surface area contributed by atoms with Gasteiger partial charge >= 0.3 is 6.36 Å². The molecule has 0 saturated carbocycles. The molecular formula is C15H13BrF3NO. The van der Waals surface area contributed by atoms with Gasteiger partial charge in [0.05, 0.1) is 5.69 Å². The van der Waals surface area contributed by atoms with Gasteiger partial charge in [-0.1, -0.05) is 46.3 Å². The third kappa shape index (κ3) is 4.67. The lowest BCUT2D eigenvalue weighted by molar-refractivity contribution is -0.274. The molecule has 0 heterocycles. The summed E-state index contributed by atoms with van der Waals surface area (Å²) in [5.74, 6) is -0.264. The van der Waals surface area contributed by atoms with Crippen LogP contribution in [0.1, 0.15) is 18.5 Å². The van der Waals surface area contributed by atoms with Crippen LogP contribution in [0.25, 0.3) is 0 Å². The summed E-state index contributed by atoms with van der Waals surface area (Å²) in [6.07, 6.45) is -4.73. The summed E-state index contributed by atoms with van der Waals surface area (Å²) in [5.41, 5.74) is 1.25.